The van der Waals surface area contributed by atoms with Crippen molar-refractivity contribution in [2.24, 2.45) is 4.99 Å². The number of nitrogens with zero attached hydrogens (tertiary/aromatic N) is 3. The van der Waals surface area contributed by atoms with E-state index in [2.05, 4.69) is 58.1 Å². The lowest BCUT2D eigenvalue weighted by molar-refractivity contribution is 0.616. The lowest BCUT2D eigenvalue weighted by Crippen LogP contribution is -2.15. The number of rotatable bonds is 1. The van der Waals surface area contributed by atoms with E-state index in [4.69, 9.17) is 9.41 Å². The molecule has 1 aliphatic heterocycles. The van der Waals surface area contributed by atoms with E-state index >= 15 is 0 Å². The number of aliphatic imine (C=N–C) groups is 1. The second-order valence-corrected chi connectivity index (χ2v) is 7.10. The smallest absolute Gasteiger partial charge is 0.134 e. The maximum atomic E-state index is 5.63. The van der Waals surface area contributed by atoms with Gasteiger partial charge in [0.15, 0.2) is 0 Å². The maximum absolute atomic E-state index is 5.63. The van der Waals surface area contributed by atoms with E-state index in [1.54, 1.807) is 12.5 Å². The summed E-state index contributed by atoms with van der Waals surface area (Å²) >= 11 is 0. The molecule has 5 aromatic rings. The highest BCUT2D eigenvalue weighted by Crippen LogP contribution is 2.35. The number of hydrogen-bond donors (Lipinski definition) is 0. The summed E-state index contributed by atoms with van der Waals surface area (Å²) in [6.07, 6.45) is 9.85. The van der Waals surface area contributed by atoms with E-state index in [1.807, 2.05) is 24.4 Å². The van der Waals surface area contributed by atoms with Crippen LogP contribution in [0.25, 0.3) is 32.8 Å². The van der Waals surface area contributed by atoms with Crippen molar-refractivity contribution in [1.82, 2.24) is 9.55 Å². The minimum Gasteiger partial charge on any atom is -0.464 e. The zero-order chi connectivity index (χ0) is 18.5. The molecule has 6 rings (SSSR count). The number of furan rings is 1. The lowest BCUT2D eigenvalue weighted by atomic mass is 9.99. The Hall–Kier alpha value is -3.66. The molecule has 0 spiro atoms. The molecule has 1 atom stereocenters. The summed E-state index contributed by atoms with van der Waals surface area (Å²) < 4.78 is 7.89. The lowest BCUT2D eigenvalue weighted by Gasteiger charge is -2.17. The first-order valence-electron chi connectivity index (χ1n) is 9.42. The van der Waals surface area contributed by atoms with Gasteiger partial charge in [0, 0.05) is 34.5 Å². The summed E-state index contributed by atoms with van der Waals surface area (Å²) in [6.45, 7) is 0.722. The highest BCUT2D eigenvalue weighted by atomic mass is 16.3. The van der Waals surface area contributed by atoms with Gasteiger partial charge in [0.1, 0.15) is 11.4 Å². The van der Waals surface area contributed by atoms with Crippen LogP contribution in [-0.2, 0) is 0 Å². The normalized spacial score (nSPS) is 16.9. The van der Waals surface area contributed by atoms with Crippen LogP contribution in [0, 0.1) is 0 Å². The number of pyridine rings is 1. The van der Waals surface area contributed by atoms with Gasteiger partial charge < -0.3 is 4.42 Å². The highest BCUT2D eigenvalue weighted by molar-refractivity contribution is 6.24. The molecule has 3 aromatic heterocycles. The molecule has 0 radical (unpaired) electrons. The third-order valence-corrected chi connectivity index (χ3v) is 5.54. The number of hydrogen-bond acceptors (Lipinski definition) is 3. The number of para-hydroxylation sites is 1. The van der Waals surface area contributed by atoms with Crippen molar-refractivity contribution in [2.75, 3.05) is 6.54 Å². The molecule has 2 aromatic carbocycles. The Morgan fingerprint density at radius 2 is 1.89 bits per heavy atom. The average Bonchev–Trinajstić information content (AvgIpc) is 3.36. The van der Waals surface area contributed by atoms with E-state index in [-0.39, 0.29) is 5.92 Å². The summed E-state index contributed by atoms with van der Waals surface area (Å²) in [7, 11) is 0. The minimum atomic E-state index is 0.270. The molecule has 134 valence electrons. The molecular weight excluding hydrogens is 346 g/mol. The van der Waals surface area contributed by atoms with Crippen LogP contribution in [0.2, 0.25) is 0 Å². The third-order valence-electron chi connectivity index (χ3n) is 5.54. The summed E-state index contributed by atoms with van der Waals surface area (Å²) in [6, 6.07) is 18.8. The number of allylic oxidation sites excluding steroid dienone is 1. The van der Waals surface area contributed by atoms with Crippen molar-refractivity contribution >= 4 is 38.6 Å². The van der Waals surface area contributed by atoms with Crippen LogP contribution < -0.4 is 0 Å². The fourth-order valence-corrected chi connectivity index (χ4v) is 4.22. The fourth-order valence-electron chi connectivity index (χ4n) is 4.22. The Balaban J connectivity index is 1.55. The predicted molar refractivity (Wildman–Crippen MR) is 113 cm³/mol. The van der Waals surface area contributed by atoms with E-state index in [0.717, 1.165) is 34.4 Å². The quantitative estimate of drug-likeness (QED) is 0.393. The molecule has 0 bridgehead atoms. The van der Waals surface area contributed by atoms with Gasteiger partial charge >= 0.3 is 0 Å². The first kappa shape index (κ1) is 15.4. The molecule has 28 heavy (non-hydrogen) atoms. The van der Waals surface area contributed by atoms with Gasteiger partial charge in [0.2, 0.25) is 0 Å². The molecule has 0 N–H and O–H groups in total. The van der Waals surface area contributed by atoms with E-state index in [9.17, 15) is 0 Å². The van der Waals surface area contributed by atoms with Crippen LogP contribution in [0.5, 0.6) is 0 Å². The molecule has 4 nitrogen and oxygen atoms in total. The molecule has 1 aliphatic rings. The molecular formula is C24H17N3O. The highest BCUT2D eigenvalue weighted by Gasteiger charge is 2.19. The van der Waals surface area contributed by atoms with Gasteiger partial charge in [0.25, 0.3) is 0 Å². The Kier molecular flexibility index (Phi) is 3.26. The van der Waals surface area contributed by atoms with Crippen molar-refractivity contribution in [2.45, 2.75) is 5.92 Å². The molecule has 0 aliphatic carbocycles. The van der Waals surface area contributed by atoms with Crippen LogP contribution in [0.4, 0.5) is 0 Å². The van der Waals surface area contributed by atoms with Crippen LogP contribution in [-0.4, -0.2) is 21.9 Å². The van der Waals surface area contributed by atoms with Gasteiger partial charge in [-0.3, -0.25) is 14.5 Å². The van der Waals surface area contributed by atoms with Crippen LogP contribution in [0.3, 0.4) is 0 Å². The Morgan fingerprint density at radius 1 is 0.929 bits per heavy atom. The topological polar surface area (TPSA) is 43.3 Å². The SMILES string of the molecule is C1=CC(c2cccnc2)CN=C1n1c2ccccc2c2c3ccoc3ccc21. The van der Waals surface area contributed by atoms with Crippen molar-refractivity contribution in [1.29, 1.82) is 0 Å². The summed E-state index contributed by atoms with van der Waals surface area (Å²) in [5.41, 5.74) is 4.42. The first-order valence-corrected chi connectivity index (χ1v) is 9.42. The minimum absolute atomic E-state index is 0.270. The monoisotopic (exact) mass is 363 g/mol. The van der Waals surface area contributed by atoms with Gasteiger partial charge in [-0.1, -0.05) is 30.3 Å². The molecule has 4 heteroatoms. The molecule has 0 amide bonds. The van der Waals surface area contributed by atoms with Crippen LogP contribution in [0.1, 0.15) is 11.5 Å². The molecule has 1 unspecified atom stereocenters. The number of aromatic nitrogens is 2. The third kappa shape index (κ3) is 2.18. The maximum Gasteiger partial charge on any atom is 0.134 e. The van der Waals surface area contributed by atoms with Gasteiger partial charge in [-0.2, -0.15) is 0 Å². The fraction of sp³-hybridized carbons (Fsp3) is 0.0833. The average molecular weight is 363 g/mol. The number of dihydropyridines is 1. The summed E-state index contributed by atoms with van der Waals surface area (Å²) in [4.78, 5) is 9.18. The number of benzene rings is 2. The Morgan fingerprint density at radius 3 is 2.75 bits per heavy atom. The standard InChI is InChI=1S/C24H17N3O/c1-2-6-20-18(5-1)24-19-11-13-28-22(19)9-8-21(24)27(20)23-10-7-17(15-26-23)16-4-3-12-25-14-16/h1-14,17H,15H2. The predicted octanol–water partition coefficient (Wildman–Crippen LogP) is 5.54. The first-order chi connectivity index (χ1) is 13.9. The van der Waals surface area contributed by atoms with E-state index in [1.165, 1.54) is 16.3 Å². The van der Waals surface area contributed by atoms with Crippen molar-refractivity contribution < 1.29 is 4.42 Å². The van der Waals surface area contributed by atoms with Gasteiger partial charge in [-0.25, -0.2) is 0 Å². The molecule has 0 fully saturated rings. The summed E-state index contributed by atoms with van der Waals surface area (Å²) in [5.74, 6) is 1.24. The Bertz CT molecular complexity index is 1390. The van der Waals surface area contributed by atoms with Gasteiger partial charge in [-0.15, -0.1) is 0 Å². The summed E-state index contributed by atoms with van der Waals surface area (Å²) in [5, 5.41) is 3.57. The van der Waals surface area contributed by atoms with Crippen LogP contribution >= 0.6 is 0 Å². The van der Waals surface area contributed by atoms with E-state index < -0.39 is 0 Å². The zero-order valence-electron chi connectivity index (χ0n) is 15.1. The van der Waals surface area contributed by atoms with Gasteiger partial charge in [0.05, 0.1) is 23.8 Å². The molecule has 0 saturated carbocycles. The largest absolute Gasteiger partial charge is 0.464 e. The molecule has 4 heterocycles. The van der Waals surface area contributed by atoms with Crippen molar-refractivity contribution in [3.63, 3.8) is 0 Å². The van der Waals surface area contributed by atoms with Crippen molar-refractivity contribution in [3.8, 4) is 0 Å². The van der Waals surface area contributed by atoms with Gasteiger partial charge in [-0.05, 0) is 42.0 Å². The van der Waals surface area contributed by atoms with Crippen LogP contribution in [0.15, 0.2) is 94.8 Å². The molecule has 0 saturated heterocycles. The second kappa shape index (κ2) is 5.92. The van der Waals surface area contributed by atoms with Crippen molar-refractivity contribution in [3.05, 3.63) is 91.0 Å². The second-order valence-electron chi connectivity index (χ2n) is 7.10. The van der Waals surface area contributed by atoms with E-state index in [0.29, 0.717) is 0 Å². The Labute approximate surface area is 161 Å². The number of fused-ring (bicyclic) bond motifs is 5. The zero-order valence-corrected chi connectivity index (χ0v) is 15.1.